The molecule has 0 aliphatic carbocycles. The summed E-state index contributed by atoms with van der Waals surface area (Å²) in [5.41, 5.74) is 1.28. The van der Waals surface area contributed by atoms with E-state index in [4.69, 9.17) is 15.6 Å². The normalized spacial score (nSPS) is 16.7. The average molecular weight is 524 g/mol. The zero-order valence-electron chi connectivity index (χ0n) is 21.3. The molecule has 0 bridgehead atoms. The minimum atomic E-state index is -0.684. The monoisotopic (exact) mass is 523 g/mol. The van der Waals surface area contributed by atoms with Gasteiger partial charge in [-0.3, -0.25) is 0 Å². The van der Waals surface area contributed by atoms with Crippen molar-refractivity contribution in [1.82, 2.24) is 19.9 Å². The number of rotatable bonds is 4. The van der Waals surface area contributed by atoms with E-state index in [1.54, 1.807) is 13.1 Å². The molecule has 1 N–H and O–H groups in total. The van der Waals surface area contributed by atoms with Crippen molar-refractivity contribution in [2.45, 2.75) is 25.8 Å². The molecule has 2 aromatic carbocycles. The van der Waals surface area contributed by atoms with E-state index in [0.717, 1.165) is 5.69 Å². The maximum Gasteiger partial charge on any atom is 0.349 e. The summed E-state index contributed by atoms with van der Waals surface area (Å²) in [5, 5.41) is 11.5. The van der Waals surface area contributed by atoms with Crippen LogP contribution in [0.1, 0.15) is 29.7 Å². The molecule has 1 saturated heterocycles. The van der Waals surface area contributed by atoms with Crippen LogP contribution in [-0.2, 0) is 0 Å². The average Bonchev–Trinajstić information content (AvgIpc) is 2.94. The maximum atomic E-state index is 14.7. The molecule has 1 aliphatic rings. The summed E-state index contributed by atoms with van der Waals surface area (Å²) in [6, 6.07) is 7.52. The lowest BCUT2D eigenvalue weighted by Crippen LogP contribution is -2.54. The number of benzene rings is 2. The summed E-state index contributed by atoms with van der Waals surface area (Å²) in [6.45, 7) is 4.31. The Bertz CT molecular complexity index is 1880. The van der Waals surface area contributed by atoms with Crippen LogP contribution < -0.4 is 15.3 Å². The molecule has 2 atom stereocenters. The van der Waals surface area contributed by atoms with Crippen LogP contribution in [0, 0.1) is 25.1 Å². The van der Waals surface area contributed by atoms with Gasteiger partial charge in [-0.1, -0.05) is 12.0 Å². The lowest BCUT2D eigenvalue weighted by Gasteiger charge is -2.47. The van der Waals surface area contributed by atoms with Crippen molar-refractivity contribution in [3.05, 3.63) is 75.9 Å². The predicted molar refractivity (Wildman–Crippen MR) is 143 cm³/mol. The third kappa shape index (κ3) is 3.74. The van der Waals surface area contributed by atoms with Crippen LogP contribution in [0.4, 0.5) is 10.2 Å². The summed E-state index contributed by atoms with van der Waals surface area (Å²) in [6.07, 6.45) is 8.85. The Hall–Kier alpha value is -5.04. The number of aromatic nitrogens is 4. The molecular formula is C29H22FN5O4. The second-order valence-electron chi connectivity index (χ2n) is 9.39. The molecule has 4 heterocycles. The molecule has 10 heteroatoms. The molecule has 39 heavy (non-hydrogen) atoms. The van der Waals surface area contributed by atoms with Gasteiger partial charge in [0.15, 0.2) is 5.82 Å². The molecule has 5 aromatic rings. The number of ether oxygens (including phenoxy) is 1. The number of aromatic hydroxyl groups is 1. The summed E-state index contributed by atoms with van der Waals surface area (Å²) in [5.74, 6) is 2.29. The van der Waals surface area contributed by atoms with Crippen LogP contribution in [0.25, 0.3) is 33.0 Å². The number of terminal acetylenes is 1. The van der Waals surface area contributed by atoms with Crippen molar-refractivity contribution in [1.29, 1.82) is 0 Å². The van der Waals surface area contributed by atoms with E-state index >= 15 is 0 Å². The Morgan fingerprint density at radius 3 is 2.74 bits per heavy atom. The lowest BCUT2D eigenvalue weighted by atomic mass is 9.86. The summed E-state index contributed by atoms with van der Waals surface area (Å²) in [4.78, 5) is 32.9. The minimum absolute atomic E-state index is 0.00392. The molecule has 1 fully saturated rings. The van der Waals surface area contributed by atoms with Crippen LogP contribution in [0.5, 0.6) is 11.8 Å². The van der Waals surface area contributed by atoms with E-state index in [-0.39, 0.29) is 46.0 Å². The molecular weight excluding hydrogens is 501 g/mol. The van der Waals surface area contributed by atoms with Gasteiger partial charge in [0, 0.05) is 41.2 Å². The number of methoxy groups -OCH3 is 1. The van der Waals surface area contributed by atoms with Crippen molar-refractivity contribution in [3.8, 4) is 35.4 Å². The Labute approximate surface area is 221 Å². The van der Waals surface area contributed by atoms with Gasteiger partial charge in [-0.15, -0.1) is 6.42 Å². The Kier molecular flexibility index (Phi) is 5.65. The third-order valence-electron chi connectivity index (χ3n) is 7.31. The third-order valence-corrected chi connectivity index (χ3v) is 7.31. The summed E-state index contributed by atoms with van der Waals surface area (Å²) in [7, 11) is 1.44. The second-order valence-corrected chi connectivity index (χ2v) is 9.39. The Balaban J connectivity index is 1.57. The van der Waals surface area contributed by atoms with Gasteiger partial charge < -0.3 is 19.2 Å². The zero-order chi connectivity index (χ0) is 27.4. The van der Waals surface area contributed by atoms with Crippen LogP contribution in [0.2, 0.25) is 0 Å². The van der Waals surface area contributed by atoms with Crippen LogP contribution in [0.3, 0.4) is 0 Å². The minimum Gasteiger partial charge on any atom is -0.508 e. The van der Waals surface area contributed by atoms with Crippen molar-refractivity contribution in [2.24, 2.45) is 0 Å². The fraction of sp³-hybridized carbons (Fsp3) is 0.207. The second kappa shape index (κ2) is 9.06. The number of halogens is 1. The summed E-state index contributed by atoms with van der Waals surface area (Å²) < 4.78 is 25.9. The highest BCUT2D eigenvalue weighted by Gasteiger charge is 2.40. The lowest BCUT2D eigenvalue weighted by molar-refractivity contribution is 0.371. The zero-order valence-corrected chi connectivity index (χ0v) is 21.3. The van der Waals surface area contributed by atoms with Crippen molar-refractivity contribution in [2.75, 3.05) is 18.6 Å². The Morgan fingerprint density at radius 2 is 2.05 bits per heavy atom. The van der Waals surface area contributed by atoms with E-state index < -0.39 is 11.4 Å². The molecule has 0 saturated carbocycles. The first kappa shape index (κ1) is 24.3. The first-order valence-corrected chi connectivity index (χ1v) is 12.2. The number of phenolic OH excluding ortho intramolecular Hbond substituents is 1. The maximum absolute atomic E-state index is 14.7. The van der Waals surface area contributed by atoms with Crippen LogP contribution in [-0.4, -0.2) is 44.7 Å². The van der Waals surface area contributed by atoms with Gasteiger partial charge in [0.1, 0.15) is 29.0 Å². The SMILES string of the molecule is C#Cc1c(F)ccc2cc(O)cc(-c3oc(=O)c4c(N5CC(c6ccncn6)C5C)nc(OC)nc4c3C)c12. The number of hydrogen-bond acceptors (Lipinski definition) is 9. The molecule has 6 rings (SSSR count). The molecule has 0 spiro atoms. The molecule has 0 amide bonds. The van der Waals surface area contributed by atoms with Crippen molar-refractivity contribution >= 4 is 27.5 Å². The van der Waals surface area contributed by atoms with Crippen molar-refractivity contribution in [3.63, 3.8) is 0 Å². The number of anilines is 1. The van der Waals surface area contributed by atoms with E-state index in [9.17, 15) is 14.3 Å². The molecule has 3 aromatic heterocycles. The molecule has 2 unspecified atom stereocenters. The number of nitrogens with zero attached hydrogens (tertiary/aromatic N) is 5. The van der Waals surface area contributed by atoms with Gasteiger partial charge >= 0.3 is 11.6 Å². The van der Waals surface area contributed by atoms with Crippen molar-refractivity contribution < 1.29 is 18.7 Å². The van der Waals surface area contributed by atoms with Gasteiger partial charge in [-0.25, -0.2) is 19.2 Å². The number of phenols is 1. The smallest absolute Gasteiger partial charge is 0.349 e. The van der Waals surface area contributed by atoms with E-state index in [0.29, 0.717) is 34.2 Å². The highest BCUT2D eigenvalue weighted by Crippen LogP contribution is 2.42. The molecule has 194 valence electrons. The molecule has 0 radical (unpaired) electrons. The first-order valence-electron chi connectivity index (χ1n) is 12.2. The van der Waals surface area contributed by atoms with E-state index in [1.807, 2.05) is 17.9 Å². The Morgan fingerprint density at radius 1 is 1.23 bits per heavy atom. The van der Waals surface area contributed by atoms with Crippen LogP contribution >= 0.6 is 0 Å². The van der Waals surface area contributed by atoms with Gasteiger partial charge in [-0.05, 0) is 43.5 Å². The topological polar surface area (TPSA) is 114 Å². The van der Waals surface area contributed by atoms with E-state index in [1.165, 1.54) is 37.7 Å². The van der Waals surface area contributed by atoms with Gasteiger partial charge in [-0.2, -0.15) is 9.97 Å². The first-order chi connectivity index (χ1) is 18.8. The highest BCUT2D eigenvalue weighted by atomic mass is 19.1. The standard InChI is InChI=1S/C29H22FN5O4/c1-5-18-21(30)7-6-16-10-17(36)11-19(23(16)18)26-14(2)25-24(28(37)39-26)27(34-29(33-25)38-4)35-12-20(15(35)3)22-8-9-31-13-32-22/h1,6-11,13,15,20,36H,12H2,2-4H3. The number of hydrogen-bond donors (Lipinski definition) is 1. The fourth-order valence-corrected chi connectivity index (χ4v) is 5.27. The molecule has 9 nitrogen and oxygen atoms in total. The largest absolute Gasteiger partial charge is 0.508 e. The van der Waals surface area contributed by atoms with Gasteiger partial charge in [0.2, 0.25) is 0 Å². The number of fused-ring (bicyclic) bond motifs is 2. The van der Waals surface area contributed by atoms with E-state index in [2.05, 4.69) is 25.9 Å². The highest BCUT2D eigenvalue weighted by molar-refractivity contribution is 6.03. The summed E-state index contributed by atoms with van der Waals surface area (Å²) >= 11 is 0. The number of aryl methyl sites for hydroxylation is 1. The fourth-order valence-electron chi connectivity index (χ4n) is 5.27. The van der Waals surface area contributed by atoms with Gasteiger partial charge in [0.05, 0.1) is 23.9 Å². The predicted octanol–water partition coefficient (Wildman–Crippen LogP) is 4.33. The quantitative estimate of drug-likeness (QED) is 0.344. The van der Waals surface area contributed by atoms with Crippen LogP contribution in [0.15, 0.2) is 52.1 Å². The van der Waals surface area contributed by atoms with Gasteiger partial charge in [0.25, 0.3) is 0 Å². The molecule has 1 aliphatic heterocycles.